The topological polar surface area (TPSA) is 98.3 Å². The molecule has 0 fully saturated rings. The quantitative estimate of drug-likeness (QED) is 0.488. The third kappa shape index (κ3) is 2.96. The highest BCUT2D eigenvalue weighted by Crippen LogP contribution is 2.30. The Hall–Kier alpha value is -1.57. The molecule has 0 aliphatic heterocycles. The average molecular weight is 259 g/mol. The molecule has 0 bridgehead atoms. The number of carboxylic acid groups (broad SMARTS) is 1. The molecule has 0 spiro atoms. The smallest absolute Gasteiger partial charge is 0.396 e. The zero-order valence-electron chi connectivity index (χ0n) is 9.71. The molecular formula is C9H13N3O4S. The molecule has 1 N–H and O–H groups in total. The van der Waals surface area contributed by atoms with Crippen LogP contribution in [0.4, 0.5) is 5.82 Å². The molecule has 1 heterocycles. The standard InChI is InChI=1S/C9H13N3O4S/c1-5(9(13)14)4-17-8-7(12(15)16)10-6(2)11(8)3/h5H,4H2,1-3H3,(H,13,14). The summed E-state index contributed by atoms with van der Waals surface area (Å²) in [6, 6.07) is 0. The van der Waals surface area contributed by atoms with E-state index in [1.807, 2.05) is 0 Å². The highest BCUT2D eigenvalue weighted by molar-refractivity contribution is 7.99. The van der Waals surface area contributed by atoms with Crippen LogP contribution in [-0.2, 0) is 11.8 Å². The maximum atomic E-state index is 10.8. The van der Waals surface area contributed by atoms with Crippen LogP contribution in [0.25, 0.3) is 0 Å². The molecule has 0 saturated heterocycles. The lowest BCUT2D eigenvalue weighted by Crippen LogP contribution is -2.12. The van der Waals surface area contributed by atoms with E-state index in [9.17, 15) is 14.9 Å². The Balaban J connectivity index is 2.90. The Morgan fingerprint density at radius 1 is 1.71 bits per heavy atom. The summed E-state index contributed by atoms with van der Waals surface area (Å²) in [6.45, 7) is 3.22. The summed E-state index contributed by atoms with van der Waals surface area (Å²) in [5.74, 6) is -0.890. The highest BCUT2D eigenvalue weighted by atomic mass is 32.2. The molecule has 0 saturated carbocycles. The highest BCUT2D eigenvalue weighted by Gasteiger charge is 2.25. The first-order valence-corrected chi connectivity index (χ1v) is 5.86. The molecule has 0 aliphatic rings. The lowest BCUT2D eigenvalue weighted by atomic mass is 10.2. The summed E-state index contributed by atoms with van der Waals surface area (Å²) in [4.78, 5) is 24.7. The van der Waals surface area contributed by atoms with Crippen LogP contribution in [0.1, 0.15) is 12.7 Å². The molecule has 0 aromatic carbocycles. The largest absolute Gasteiger partial charge is 0.481 e. The summed E-state index contributed by atoms with van der Waals surface area (Å²) < 4.78 is 1.59. The van der Waals surface area contributed by atoms with Crippen molar-refractivity contribution in [3.8, 4) is 0 Å². The van der Waals surface area contributed by atoms with Crippen LogP contribution in [0, 0.1) is 23.0 Å². The average Bonchev–Trinajstić information content (AvgIpc) is 2.52. The second-order valence-corrected chi connectivity index (χ2v) is 4.66. The van der Waals surface area contributed by atoms with E-state index in [4.69, 9.17) is 5.11 Å². The van der Waals surface area contributed by atoms with Gasteiger partial charge in [0.2, 0.25) is 5.82 Å². The van der Waals surface area contributed by atoms with E-state index in [-0.39, 0.29) is 11.6 Å². The lowest BCUT2D eigenvalue weighted by Gasteiger charge is -2.05. The number of aryl methyl sites for hydroxylation is 1. The third-order valence-electron chi connectivity index (χ3n) is 2.31. The van der Waals surface area contributed by atoms with Gasteiger partial charge in [-0.25, -0.2) is 0 Å². The number of imidazole rings is 1. The van der Waals surface area contributed by atoms with Crippen LogP contribution < -0.4 is 0 Å². The molecule has 17 heavy (non-hydrogen) atoms. The fourth-order valence-corrected chi connectivity index (χ4v) is 2.25. The Morgan fingerprint density at radius 3 is 2.76 bits per heavy atom. The van der Waals surface area contributed by atoms with Crippen molar-refractivity contribution in [2.75, 3.05) is 5.75 Å². The number of hydrogen-bond donors (Lipinski definition) is 1. The van der Waals surface area contributed by atoms with E-state index in [2.05, 4.69) is 4.98 Å². The molecule has 0 radical (unpaired) electrons. The predicted molar refractivity (Wildman–Crippen MR) is 62.1 cm³/mol. The minimum absolute atomic E-state index is 0.215. The summed E-state index contributed by atoms with van der Waals surface area (Å²) in [5.41, 5.74) is 0. The van der Waals surface area contributed by atoms with Crippen LogP contribution in [-0.4, -0.2) is 31.3 Å². The summed E-state index contributed by atoms with van der Waals surface area (Å²) >= 11 is 1.14. The zero-order valence-corrected chi connectivity index (χ0v) is 10.5. The van der Waals surface area contributed by atoms with Gasteiger partial charge in [-0.05, 0) is 9.91 Å². The van der Waals surface area contributed by atoms with Crippen LogP contribution in [0.3, 0.4) is 0 Å². The predicted octanol–water partition coefficient (Wildman–Crippen LogP) is 1.45. The summed E-state index contributed by atoms with van der Waals surface area (Å²) in [7, 11) is 1.67. The van der Waals surface area contributed by atoms with Gasteiger partial charge in [-0.1, -0.05) is 18.7 Å². The maximum absolute atomic E-state index is 10.8. The minimum atomic E-state index is -0.918. The van der Waals surface area contributed by atoms with Gasteiger partial charge < -0.3 is 15.2 Å². The Labute approximate surface area is 102 Å². The molecule has 1 unspecified atom stereocenters. The summed E-state index contributed by atoms with van der Waals surface area (Å²) in [6.07, 6.45) is 0. The lowest BCUT2D eigenvalue weighted by molar-refractivity contribution is -0.392. The van der Waals surface area contributed by atoms with Crippen LogP contribution in [0.15, 0.2) is 5.03 Å². The van der Waals surface area contributed by atoms with Crippen molar-refractivity contribution in [2.24, 2.45) is 13.0 Å². The van der Waals surface area contributed by atoms with Gasteiger partial charge in [0, 0.05) is 19.7 Å². The number of aromatic nitrogens is 2. The second-order valence-electron chi connectivity index (χ2n) is 3.65. The van der Waals surface area contributed by atoms with Crippen molar-refractivity contribution < 1.29 is 14.8 Å². The van der Waals surface area contributed by atoms with Crippen molar-refractivity contribution in [1.82, 2.24) is 9.55 Å². The van der Waals surface area contributed by atoms with E-state index in [0.717, 1.165) is 11.8 Å². The number of aliphatic carboxylic acids is 1. The van der Waals surface area contributed by atoms with Gasteiger partial charge in [-0.3, -0.25) is 9.36 Å². The molecule has 8 heteroatoms. The third-order valence-corrected chi connectivity index (χ3v) is 3.71. The molecule has 1 atom stereocenters. The van der Waals surface area contributed by atoms with Crippen molar-refractivity contribution in [3.05, 3.63) is 15.9 Å². The number of nitrogens with zero attached hydrogens (tertiary/aromatic N) is 3. The molecule has 1 aromatic heterocycles. The first-order valence-electron chi connectivity index (χ1n) is 4.88. The number of thioether (sulfide) groups is 1. The van der Waals surface area contributed by atoms with Gasteiger partial charge in [0.1, 0.15) is 0 Å². The SMILES string of the molecule is Cc1nc([N+](=O)[O-])c(SCC(C)C(=O)O)n1C. The normalized spacial score (nSPS) is 12.4. The Morgan fingerprint density at radius 2 is 2.29 bits per heavy atom. The van der Waals surface area contributed by atoms with Crippen molar-refractivity contribution in [3.63, 3.8) is 0 Å². The second kappa shape index (κ2) is 5.17. The molecule has 1 aromatic rings. The van der Waals surface area contributed by atoms with E-state index < -0.39 is 16.8 Å². The Bertz CT molecular complexity index is 457. The molecule has 0 aliphatic carbocycles. The number of carbonyl (C=O) groups is 1. The fourth-order valence-electron chi connectivity index (χ4n) is 1.13. The number of nitro groups is 1. The molecular weight excluding hydrogens is 246 g/mol. The van der Waals surface area contributed by atoms with Crippen molar-refractivity contribution in [2.45, 2.75) is 18.9 Å². The van der Waals surface area contributed by atoms with E-state index >= 15 is 0 Å². The van der Waals surface area contributed by atoms with Crippen molar-refractivity contribution >= 4 is 23.5 Å². The van der Waals surface area contributed by atoms with Gasteiger partial charge in [0.15, 0.2) is 5.03 Å². The van der Waals surface area contributed by atoms with Gasteiger partial charge in [-0.15, -0.1) is 0 Å². The molecule has 94 valence electrons. The van der Waals surface area contributed by atoms with Crippen LogP contribution in [0.5, 0.6) is 0 Å². The van der Waals surface area contributed by atoms with Gasteiger partial charge >= 0.3 is 11.8 Å². The first-order chi connectivity index (χ1) is 7.84. The maximum Gasteiger partial charge on any atom is 0.396 e. The van der Waals surface area contributed by atoms with Crippen LogP contribution in [0.2, 0.25) is 0 Å². The molecule has 1 rings (SSSR count). The minimum Gasteiger partial charge on any atom is -0.481 e. The summed E-state index contributed by atoms with van der Waals surface area (Å²) in [5, 5.41) is 19.9. The van der Waals surface area contributed by atoms with E-state index in [1.54, 1.807) is 25.5 Å². The van der Waals surface area contributed by atoms with E-state index in [0.29, 0.717) is 10.9 Å². The Kier molecular flexibility index (Phi) is 4.11. The van der Waals surface area contributed by atoms with E-state index in [1.165, 1.54) is 0 Å². The molecule has 0 amide bonds. The fraction of sp³-hybridized carbons (Fsp3) is 0.556. The number of rotatable bonds is 5. The zero-order chi connectivity index (χ0) is 13.2. The number of carboxylic acids is 1. The molecule has 7 nitrogen and oxygen atoms in total. The van der Waals surface area contributed by atoms with Gasteiger partial charge in [0.25, 0.3) is 0 Å². The first kappa shape index (κ1) is 13.5. The monoisotopic (exact) mass is 259 g/mol. The van der Waals surface area contributed by atoms with Crippen molar-refractivity contribution in [1.29, 1.82) is 0 Å². The van der Waals surface area contributed by atoms with Gasteiger partial charge in [0.05, 0.1) is 5.92 Å². The van der Waals surface area contributed by atoms with Gasteiger partial charge in [-0.2, -0.15) is 0 Å². The number of hydrogen-bond acceptors (Lipinski definition) is 5. The van der Waals surface area contributed by atoms with Crippen LogP contribution >= 0.6 is 11.8 Å².